The Balaban J connectivity index is 1.69. The summed E-state index contributed by atoms with van der Waals surface area (Å²) in [4.78, 5) is 0. The average molecular weight is 322 g/mol. The van der Waals surface area contributed by atoms with Gasteiger partial charge in [0.1, 0.15) is 11.5 Å². The van der Waals surface area contributed by atoms with Crippen molar-refractivity contribution >= 4 is 23.4 Å². The molecule has 1 aromatic carbocycles. The fourth-order valence-electron chi connectivity index (χ4n) is 1.77. The Kier molecular flexibility index (Phi) is 4.21. The molecule has 3 aromatic rings. The summed E-state index contributed by atoms with van der Waals surface area (Å²) in [5.41, 5.74) is 1.76. The minimum Gasteiger partial charge on any atom is -0.360 e. The zero-order valence-corrected chi connectivity index (χ0v) is 12.8. The van der Waals surface area contributed by atoms with Crippen LogP contribution in [0.3, 0.4) is 0 Å². The molecule has 0 fully saturated rings. The lowest BCUT2D eigenvalue weighted by atomic mass is 10.1. The van der Waals surface area contributed by atoms with Gasteiger partial charge in [-0.2, -0.15) is 0 Å². The number of benzene rings is 1. The molecule has 108 valence electrons. The van der Waals surface area contributed by atoms with Gasteiger partial charge in [-0.3, -0.25) is 0 Å². The normalized spacial score (nSPS) is 11.0. The van der Waals surface area contributed by atoms with Crippen LogP contribution in [0.4, 0.5) is 0 Å². The predicted octanol–water partition coefficient (Wildman–Crippen LogP) is 3.29. The smallest absolute Gasteiger partial charge is 0.209 e. The first-order valence-corrected chi connectivity index (χ1v) is 7.73. The van der Waals surface area contributed by atoms with Gasteiger partial charge in [0, 0.05) is 23.2 Å². The summed E-state index contributed by atoms with van der Waals surface area (Å²) in [7, 11) is 0. The molecule has 0 radical (unpaired) electrons. The lowest BCUT2D eigenvalue weighted by Gasteiger charge is -1.97. The van der Waals surface area contributed by atoms with E-state index in [-0.39, 0.29) is 0 Å². The van der Waals surface area contributed by atoms with Gasteiger partial charge < -0.3 is 4.52 Å². The fourth-order valence-corrected chi connectivity index (χ4v) is 2.71. The third-order valence-electron chi connectivity index (χ3n) is 2.84. The molecule has 21 heavy (non-hydrogen) atoms. The standard InChI is InChI=1S/C13H12ClN5OS/c1-2-19-13(15-17-18-19)21-8-11-7-12(16-20-11)9-3-5-10(14)6-4-9/h3-7H,2,8H2,1H3. The molecular formula is C13H12ClN5OS. The van der Waals surface area contributed by atoms with Crippen LogP contribution in [0.25, 0.3) is 11.3 Å². The van der Waals surface area contributed by atoms with E-state index in [1.807, 2.05) is 37.3 Å². The molecule has 8 heteroatoms. The number of hydrogen-bond acceptors (Lipinski definition) is 6. The Bertz CT molecular complexity index is 724. The molecule has 0 unspecified atom stereocenters. The van der Waals surface area contributed by atoms with Crippen molar-refractivity contribution in [1.29, 1.82) is 0 Å². The van der Waals surface area contributed by atoms with Gasteiger partial charge in [0.2, 0.25) is 5.16 Å². The maximum absolute atomic E-state index is 5.87. The van der Waals surface area contributed by atoms with E-state index in [1.54, 1.807) is 4.68 Å². The van der Waals surface area contributed by atoms with Crippen LogP contribution in [0.15, 0.2) is 40.0 Å². The Morgan fingerprint density at radius 2 is 2.10 bits per heavy atom. The van der Waals surface area contributed by atoms with Crippen LogP contribution >= 0.6 is 23.4 Å². The number of tetrazole rings is 1. The number of hydrogen-bond donors (Lipinski definition) is 0. The molecule has 0 saturated carbocycles. The van der Waals surface area contributed by atoms with Gasteiger partial charge in [0.05, 0.1) is 5.75 Å². The quantitative estimate of drug-likeness (QED) is 0.672. The molecule has 0 bridgehead atoms. The highest BCUT2D eigenvalue weighted by Gasteiger charge is 2.10. The predicted molar refractivity (Wildman–Crippen MR) is 80.0 cm³/mol. The van der Waals surface area contributed by atoms with Crippen molar-refractivity contribution in [1.82, 2.24) is 25.4 Å². The van der Waals surface area contributed by atoms with Crippen LogP contribution in [0, 0.1) is 0 Å². The molecule has 0 saturated heterocycles. The maximum Gasteiger partial charge on any atom is 0.209 e. The second kappa shape index (κ2) is 6.28. The molecule has 3 rings (SSSR count). The summed E-state index contributed by atoms with van der Waals surface area (Å²) in [5, 5.41) is 17.0. The summed E-state index contributed by atoms with van der Waals surface area (Å²) in [5.74, 6) is 1.40. The van der Waals surface area contributed by atoms with Crippen molar-refractivity contribution < 1.29 is 4.52 Å². The lowest BCUT2D eigenvalue weighted by molar-refractivity contribution is 0.397. The van der Waals surface area contributed by atoms with Crippen LogP contribution in [-0.2, 0) is 12.3 Å². The van der Waals surface area contributed by atoms with E-state index in [4.69, 9.17) is 16.1 Å². The molecule has 0 aliphatic heterocycles. The minimum atomic E-state index is 0.626. The van der Waals surface area contributed by atoms with E-state index >= 15 is 0 Å². The van der Waals surface area contributed by atoms with E-state index < -0.39 is 0 Å². The van der Waals surface area contributed by atoms with Crippen molar-refractivity contribution in [3.63, 3.8) is 0 Å². The highest BCUT2D eigenvalue weighted by Crippen LogP contribution is 2.25. The fraction of sp³-hybridized carbons (Fsp3) is 0.231. The number of thioether (sulfide) groups is 1. The van der Waals surface area contributed by atoms with Crippen molar-refractivity contribution in [2.24, 2.45) is 0 Å². The number of nitrogens with zero attached hydrogens (tertiary/aromatic N) is 5. The first-order chi connectivity index (χ1) is 10.3. The molecule has 2 aromatic heterocycles. The number of rotatable bonds is 5. The van der Waals surface area contributed by atoms with Crippen LogP contribution < -0.4 is 0 Å². The Hall–Kier alpha value is -1.86. The van der Waals surface area contributed by atoms with Gasteiger partial charge in [-0.25, -0.2) is 4.68 Å². The van der Waals surface area contributed by atoms with Gasteiger partial charge in [0.15, 0.2) is 0 Å². The molecule has 2 heterocycles. The second-order valence-electron chi connectivity index (χ2n) is 4.25. The highest BCUT2D eigenvalue weighted by molar-refractivity contribution is 7.98. The van der Waals surface area contributed by atoms with E-state index in [1.165, 1.54) is 11.8 Å². The molecular weight excluding hydrogens is 310 g/mol. The largest absolute Gasteiger partial charge is 0.360 e. The van der Waals surface area contributed by atoms with Crippen LogP contribution in [-0.4, -0.2) is 25.4 Å². The van der Waals surface area contributed by atoms with Crippen molar-refractivity contribution in [2.45, 2.75) is 24.4 Å². The Morgan fingerprint density at radius 3 is 2.86 bits per heavy atom. The third kappa shape index (κ3) is 3.25. The van der Waals surface area contributed by atoms with Gasteiger partial charge in [0.25, 0.3) is 0 Å². The van der Waals surface area contributed by atoms with Gasteiger partial charge in [-0.1, -0.05) is 40.7 Å². The molecule has 0 atom stereocenters. The first kappa shape index (κ1) is 14.1. The number of halogens is 1. The van der Waals surface area contributed by atoms with Crippen molar-refractivity contribution in [3.05, 3.63) is 41.1 Å². The number of aromatic nitrogens is 5. The zero-order chi connectivity index (χ0) is 14.7. The Labute approximate surface area is 130 Å². The zero-order valence-electron chi connectivity index (χ0n) is 11.2. The molecule has 6 nitrogen and oxygen atoms in total. The van der Waals surface area contributed by atoms with Crippen LogP contribution in [0.2, 0.25) is 5.02 Å². The lowest BCUT2D eigenvalue weighted by Crippen LogP contribution is -1.98. The first-order valence-electron chi connectivity index (χ1n) is 6.36. The van der Waals surface area contributed by atoms with Gasteiger partial charge in [-0.05, 0) is 29.5 Å². The summed E-state index contributed by atoms with van der Waals surface area (Å²) in [6.45, 7) is 2.73. The average Bonchev–Trinajstić information content (AvgIpc) is 3.14. The highest BCUT2D eigenvalue weighted by atomic mass is 35.5. The SMILES string of the molecule is CCn1nnnc1SCc1cc(-c2ccc(Cl)cc2)no1. The second-order valence-corrected chi connectivity index (χ2v) is 5.63. The van der Waals surface area contributed by atoms with E-state index in [2.05, 4.69) is 20.7 Å². The van der Waals surface area contributed by atoms with Crippen molar-refractivity contribution in [3.8, 4) is 11.3 Å². The van der Waals surface area contributed by atoms with Gasteiger partial charge >= 0.3 is 0 Å². The summed E-state index contributed by atoms with van der Waals surface area (Å²) >= 11 is 7.39. The third-order valence-corrected chi connectivity index (χ3v) is 4.07. The summed E-state index contributed by atoms with van der Waals surface area (Å²) in [6, 6.07) is 9.39. The maximum atomic E-state index is 5.87. The summed E-state index contributed by atoms with van der Waals surface area (Å²) < 4.78 is 7.08. The molecule has 0 aliphatic carbocycles. The van der Waals surface area contributed by atoms with Crippen molar-refractivity contribution in [2.75, 3.05) is 0 Å². The topological polar surface area (TPSA) is 69.6 Å². The van der Waals surface area contributed by atoms with Gasteiger partial charge in [-0.15, -0.1) is 5.10 Å². The molecule has 0 aliphatic rings. The van der Waals surface area contributed by atoms with Crippen LogP contribution in [0.5, 0.6) is 0 Å². The van der Waals surface area contributed by atoms with E-state index in [9.17, 15) is 0 Å². The monoisotopic (exact) mass is 321 g/mol. The molecule has 0 N–H and O–H groups in total. The Morgan fingerprint density at radius 1 is 1.29 bits per heavy atom. The minimum absolute atomic E-state index is 0.626. The molecule has 0 spiro atoms. The van der Waals surface area contributed by atoms with Crippen LogP contribution in [0.1, 0.15) is 12.7 Å². The van der Waals surface area contributed by atoms with E-state index in [0.29, 0.717) is 10.8 Å². The molecule has 0 amide bonds. The number of aryl methyl sites for hydroxylation is 1. The summed E-state index contributed by atoms with van der Waals surface area (Å²) in [6.07, 6.45) is 0. The van der Waals surface area contributed by atoms with E-state index in [0.717, 1.165) is 28.7 Å².